The van der Waals surface area contributed by atoms with Crippen molar-refractivity contribution in [1.82, 2.24) is 0 Å². The fourth-order valence-corrected chi connectivity index (χ4v) is 9.48. The van der Waals surface area contributed by atoms with E-state index in [9.17, 15) is 19.8 Å². The van der Waals surface area contributed by atoms with E-state index >= 15 is 0 Å². The number of carboxylic acids is 2. The van der Waals surface area contributed by atoms with Gasteiger partial charge < -0.3 is 14.6 Å². The third-order valence-electron chi connectivity index (χ3n) is 6.20. The zero-order valence-electron chi connectivity index (χ0n) is 17.7. The number of rotatable bonds is 6. The van der Waals surface area contributed by atoms with Gasteiger partial charge in [0.05, 0.1) is 11.8 Å². The molecule has 30 heavy (non-hydrogen) atoms. The maximum Gasteiger partial charge on any atom is 0.307 e. The molecule has 0 aromatic heterocycles. The monoisotopic (exact) mass is 426 g/mol. The zero-order valence-corrected chi connectivity index (χ0v) is 18.7. The van der Waals surface area contributed by atoms with Crippen molar-refractivity contribution >= 4 is 30.6 Å². The lowest BCUT2D eigenvalue weighted by molar-refractivity contribution is -0.157. The van der Waals surface area contributed by atoms with Gasteiger partial charge in [-0.05, 0) is 34.7 Å². The number of hydrogen-bond donors (Lipinski definition) is 2. The van der Waals surface area contributed by atoms with Crippen LogP contribution in [0, 0.1) is 11.8 Å². The minimum Gasteiger partial charge on any atom is -0.481 e. The van der Waals surface area contributed by atoms with E-state index in [2.05, 4.69) is 45.0 Å². The van der Waals surface area contributed by atoms with Crippen LogP contribution in [-0.2, 0) is 14.0 Å². The van der Waals surface area contributed by atoms with Crippen LogP contribution in [0.15, 0.2) is 60.7 Å². The Labute approximate surface area is 178 Å². The minimum absolute atomic E-state index is 0.210. The summed E-state index contributed by atoms with van der Waals surface area (Å²) in [6, 6.07) is 20.4. The van der Waals surface area contributed by atoms with Gasteiger partial charge in [0.2, 0.25) is 0 Å². The first kappa shape index (κ1) is 22.2. The predicted molar refractivity (Wildman–Crippen MR) is 119 cm³/mol. The molecule has 3 atom stereocenters. The van der Waals surface area contributed by atoms with E-state index in [1.165, 1.54) is 0 Å². The second kappa shape index (κ2) is 8.74. The molecule has 0 bridgehead atoms. The molecule has 1 fully saturated rings. The average Bonchev–Trinajstić information content (AvgIpc) is 2.72. The van der Waals surface area contributed by atoms with Crippen molar-refractivity contribution in [3.8, 4) is 0 Å². The van der Waals surface area contributed by atoms with Gasteiger partial charge >= 0.3 is 11.9 Å². The van der Waals surface area contributed by atoms with Gasteiger partial charge in [-0.15, -0.1) is 0 Å². The second-order valence-electron chi connectivity index (χ2n) is 9.11. The largest absolute Gasteiger partial charge is 0.481 e. The van der Waals surface area contributed by atoms with Gasteiger partial charge in [-0.1, -0.05) is 81.4 Å². The lowest BCUT2D eigenvalue weighted by atomic mass is 9.78. The summed E-state index contributed by atoms with van der Waals surface area (Å²) in [6.07, 6.45) is 0.782. The fraction of sp³-hybridized carbons (Fsp3) is 0.417. The highest BCUT2D eigenvalue weighted by molar-refractivity contribution is 6.99. The second-order valence-corrected chi connectivity index (χ2v) is 13.4. The van der Waals surface area contributed by atoms with Crippen molar-refractivity contribution in [2.24, 2.45) is 11.8 Å². The third-order valence-corrected chi connectivity index (χ3v) is 11.3. The van der Waals surface area contributed by atoms with E-state index in [0.29, 0.717) is 12.8 Å². The quantitative estimate of drug-likeness (QED) is 0.691. The smallest absolute Gasteiger partial charge is 0.307 e. The fourth-order valence-electron chi connectivity index (χ4n) is 4.75. The number of carbonyl (C=O) groups is 2. The molecule has 0 unspecified atom stereocenters. The molecule has 6 heteroatoms. The Hall–Kier alpha value is -2.44. The van der Waals surface area contributed by atoms with Crippen LogP contribution in [0.5, 0.6) is 0 Å². The Morgan fingerprint density at radius 3 is 1.70 bits per heavy atom. The molecule has 0 amide bonds. The topological polar surface area (TPSA) is 83.8 Å². The lowest BCUT2D eigenvalue weighted by Crippen LogP contribution is -2.68. The predicted octanol–water partition coefficient (Wildman–Crippen LogP) is 3.52. The Bertz CT molecular complexity index is 836. The van der Waals surface area contributed by atoms with Crippen molar-refractivity contribution in [3.63, 3.8) is 0 Å². The summed E-state index contributed by atoms with van der Waals surface area (Å²) in [4.78, 5) is 23.4. The third kappa shape index (κ3) is 4.20. The van der Waals surface area contributed by atoms with Crippen molar-refractivity contribution in [3.05, 3.63) is 60.7 Å². The van der Waals surface area contributed by atoms with Crippen molar-refractivity contribution in [2.75, 3.05) is 0 Å². The molecule has 2 N–H and O–H groups in total. The van der Waals surface area contributed by atoms with E-state index < -0.39 is 32.1 Å². The van der Waals surface area contributed by atoms with Crippen molar-refractivity contribution < 1.29 is 24.2 Å². The Morgan fingerprint density at radius 1 is 0.833 bits per heavy atom. The summed E-state index contributed by atoms with van der Waals surface area (Å²) in [6.45, 7) is 6.53. The summed E-state index contributed by atoms with van der Waals surface area (Å²) in [7, 11) is -2.79. The van der Waals surface area contributed by atoms with Crippen LogP contribution in [0.4, 0.5) is 0 Å². The van der Waals surface area contributed by atoms with Crippen LogP contribution in [0.3, 0.4) is 0 Å². The molecule has 0 heterocycles. The van der Waals surface area contributed by atoms with Gasteiger partial charge in [-0.2, -0.15) is 0 Å². The molecule has 1 aliphatic carbocycles. The molecule has 0 spiro atoms. The highest BCUT2D eigenvalue weighted by Crippen LogP contribution is 2.41. The van der Waals surface area contributed by atoms with Crippen LogP contribution in [0.2, 0.25) is 5.04 Å². The summed E-state index contributed by atoms with van der Waals surface area (Å²) < 4.78 is 7.01. The lowest BCUT2D eigenvalue weighted by Gasteiger charge is -2.46. The molecule has 2 aromatic carbocycles. The number of hydrogen-bond acceptors (Lipinski definition) is 3. The number of carboxylic acid groups (broad SMARTS) is 2. The minimum atomic E-state index is -2.79. The van der Waals surface area contributed by atoms with Crippen molar-refractivity contribution in [1.29, 1.82) is 0 Å². The molecule has 2 aromatic rings. The average molecular weight is 427 g/mol. The van der Waals surface area contributed by atoms with Gasteiger partial charge in [0.15, 0.2) is 0 Å². The Balaban J connectivity index is 2.06. The summed E-state index contributed by atoms with van der Waals surface area (Å²) >= 11 is 0. The van der Waals surface area contributed by atoms with E-state index in [0.717, 1.165) is 10.4 Å². The summed E-state index contributed by atoms with van der Waals surface area (Å²) in [5, 5.41) is 21.2. The Morgan fingerprint density at radius 2 is 1.30 bits per heavy atom. The first-order valence-electron chi connectivity index (χ1n) is 10.4. The van der Waals surface area contributed by atoms with Gasteiger partial charge in [-0.25, -0.2) is 0 Å². The van der Waals surface area contributed by atoms with Crippen LogP contribution >= 0.6 is 0 Å². The van der Waals surface area contributed by atoms with Crippen LogP contribution < -0.4 is 10.4 Å². The van der Waals surface area contributed by atoms with Crippen LogP contribution in [-0.4, -0.2) is 36.6 Å². The molecular formula is C24H30O5Si. The van der Waals surface area contributed by atoms with Crippen LogP contribution in [0.25, 0.3) is 0 Å². The molecule has 0 radical (unpaired) electrons. The molecule has 1 aliphatic rings. The molecule has 0 saturated heterocycles. The highest BCUT2D eigenvalue weighted by Gasteiger charge is 2.52. The standard InChI is InChI=1S/C24H30O5Si/c1-24(2,3)30(18-10-6-4-7-11-18,19-12-8-5-9-13-19)29-17-14-15-20(22(25)26)21(16-17)23(27)28/h4-13,17,20-21H,14-16H2,1-3H3,(H,25,26)(H,27,28)/t17-,20+,21-/m0/s1. The molecule has 1 saturated carbocycles. The summed E-state index contributed by atoms with van der Waals surface area (Å²) in [5.41, 5.74) is 0. The summed E-state index contributed by atoms with van der Waals surface area (Å²) in [5.74, 6) is -3.88. The SMILES string of the molecule is CC(C)(C)[Si](O[C@H]1CC[C@@H](C(=O)O)[C@@H](C(=O)O)C1)(c1ccccc1)c1ccccc1. The first-order valence-corrected chi connectivity index (χ1v) is 12.3. The maximum atomic E-state index is 11.8. The Kier molecular flexibility index (Phi) is 6.48. The van der Waals surface area contributed by atoms with Crippen LogP contribution in [0.1, 0.15) is 40.0 Å². The normalized spacial score (nSPS) is 22.4. The highest BCUT2D eigenvalue weighted by atomic mass is 28.4. The van der Waals surface area contributed by atoms with Gasteiger partial charge in [0, 0.05) is 6.10 Å². The zero-order chi connectivity index (χ0) is 21.9. The van der Waals surface area contributed by atoms with Gasteiger partial charge in [-0.3, -0.25) is 9.59 Å². The van der Waals surface area contributed by atoms with Gasteiger partial charge in [0.25, 0.3) is 8.32 Å². The van der Waals surface area contributed by atoms with Crippen molar-refractivity contribution in [2.45, 2.75) is 51.2 Å². The van der Waals surface area contributed by atoms with E-state index in [4.69, 9.17) is 4.43 Å². The molecule has 0 aliphatic heterocycles. The number of benzene rings is 2. The maximum absolute atomic E-state index is 11.8. The number of aliphatic carboxylic acids is 2. The van der Waals surface area contributed by atoms with E-state index in [-0.39, 0.29) is 17.6 Å². The molecule has 160 valence electrons. The first-order chi connectivity index (χ1) is 14.2. The van der Waals surface area contributed by atoms with Gasteiger partial charge in [0.1, 0.15) is 0 Å². The van der Waals surface area contributed by atoms with E-state index in [1.807, 2.05) is 36.4 Å². The molecule has 3 rings (SSSR count). The molecule has 5 nitrogen and oxygen atoms in total. The van der Waals surface area contributed by atoms with E-state index in [1.54, 1.807) is 0 Å². The molecular weight excluding hydrogens is 396 g/mol.